The summed E-state index contributed by atoms with van der Waals surface area (Å²) in [6, 6.07) is 9.85. The van der Waals surface area contributed by atoms with Gasteiger partial charge in [0.05, 0.1) is 18.3 Å². The highest BCUT2D eigenvalue weighted by molar-refractivity contribution is 6.09. The number of anilines is 1. The maximum Gasteiger partial charge on any atom is 0.354 e. The molecule has 1 aromatic carbocycles. The van der Waals surface area contributed by atoms with E-state index in [1.54, 1.807) is 10.7 Å². The summed E-state index contributed by atoms with van der Waals surface area (Å²) < 4.78 is 2.94. The van der Waals surface area contributed by atoms with Gasteiger partial charge in [-0.05, 0) is 19.4 Å². The summed E-state index contributed by atoms with van der Waals surface area (Å²) in [5.74, 6) is -1.41. The molecule has 26 heavy (non-hydrogen) atoms. The monoisotopic (exact) mass is 353 g/mol. The number of aryl methyl sites for hydroxylation is 3. The first kappa shape index (κ1) is 17.4. The molecule has 0 saturated carbocycles. The molecule has 1 amide bonds. The number of nitrogens with one attached hydrogen (secondary N) is 1. The highest BCUT2D eigenvalue weighted by Crippen LogP contribution is 2.15. The molecule has 0 aliphatic rings. The van der Waals surface area contributed by atoms with Gasteiger partial charge in [-0.2, -0.15) is 10.2 Å². The van der Waals surface area contributed by atoms with Crippen LogP contribution >= 0.6 is 0 Å². The fraction of sp³-hybridized carbons (Fsp3) is 0.222. The summed E-state index contributed by atoms with van der Waals surface area (Å²) in [4.78, 5) is 23.7. The first-order chi connectivity index (χ1) is 12.3. The second-order valence-electron chi connectivity index (χ2n) is 6.11. The molecule has 2 heterocycles. The van der Waals surface area contributed by atoms with Gasteiger partial charge in [-0.15, -0.1) is 0 Å². The first-order valence-corrected chi connectivity index (χ1v) is 8.02. The molecule has 8 nitrogen and oxygen atoms in total. The van der Waals surface area contributed by atoms with E-state index in [2.05, 4.69) is 21.6 Å². The van der Waals surface area contributed by atoms with Crippen LogP contribution in [0.5, 0.6) is 0 Å². The minimum atomic E-state index is -1.21. The second kappa shape index (κ2) is 6.83. The molecule has 0 saturated heterocycles. The van der Waals surface area contributed by atoms with E-state index in [4.69, 9.17) is 0 Å². The van der Waals surface area contributed by atoms with Crippen molar-refractivity contribution >= 4 is 17.7 Å². The van der Waals surface area contributed by atoms with E-state index in [0.29, 0.717) is 12.4 Å². The number of benzene rings is 1. The van der Waals surface area contributed by atoms with Crippen LogP contribution in [-0.2, 0) is 13.6 Å². The zero-order valence-corrected chi connectivity index (χ0v) is 14.7. The SMILES string of the molecule is Cc1cccc(Cn2nc(NC(=O)c3cnn(C)c3C(=O)O)cc2C)c1. The van der Waals surface area contributed by atoms with Crippen LogP contribution in [0.15, 0.2) is 36.5 Å². The van der Waals surface area contributed by atoms with E-state index >= 15 is 0 Å². The topological polar surface area (TPSA) is 102 Å². The predicted octanol–water partition coefficient (Wildman–Crippen LogP) is 2.23. The van der Waals surface area contributed by atoms with Crippen LogP contribution in [0.1, 0.15) is 37.7 Å². The molecule has 0 aliphatic carbocycles. The van der Waals surface area contributed by atoms with Crippen molar-refractivity contribution in [2.45, 2.75) is 20.4 Å². The average Bonchev–Trinajstić information content (AvgIpc) is 3.10. The summed E-state index contributed by atoms with van der Waals surface area (Å²) in [6.07, 6.45) is 1.23. The van der Waals surface area contributed by atoms with Crippen molar-refractivity contribution in [2.75, 3.05) is 5.32 Å². The number of hydrogen-bond acceptors (Lipinski definition) is 4. The van der Waals surface area contributed by atoms with Gasteiger partial charge in [0.2, 0.25) is 0 Å². The van der Waals surface area contributed by atoms with E-state index in [1.807, 2.05) is 32.0 Å². The maximum absolute atomic E-state index is 12.4. The van der Waals surface area contributed by atoms with Gasteiger partial charge < -0.3 is 10.4 Å². The van der Waals surface area contributed by atoms with Crippen molar-refractivity contribution in [3.8, 4) is 0 Å². The van der Waals surface area contributed by atoms with E-state index in [1.165, 1.54) is 18.8 Å². The zero-order chi connectivity index (χ0) is 18.8. The summed E-state index contributed by atoms with van der Waals surface area (Å²) in [5.41, 5.74) is 2.98. The predicted molar refractivity (Wildman–Crippen MR) is 95.4 cm³/mol. The number of carbonyl (C=O) groups is 2. The molecular weight excluding hydrogens is 334 g/mol. The van der Waals surface area contributed by atoms with E-state index in [9.17, 15) is 14.7 Å². The molecule has 3 aromatic rings. The zero-order valence-electron chi connectivity index (χ0n) is 14.7. The van der Waals surface area contributed by atoms with Crippen LogP contribution in [-0.4, -0.2) is 36.5 Å². The molecular formula is C18H19N5O3. The van der Waals surface area contributed by atoms with Crippen LogP contribution in [0.2, 0.25) is 0 Å². The number of hydrogen-bond donors (Lipinski definition) is 2. The number of carbonyl (C=O) groups excluding carboxylic acids is 1. The minimum Gasteiger partial charge on any atom is -0.477 e. The van der Waals surface area contributed by atoms with Gasteiger partial charge in [0.1, 0.15) is 0 Å². The van der Waals surface area contributed by atoms with Crippen LogP contribution < -0.4 is 5.32 Å². The van der Waals surface area contributed by atoms with Crippen LogP contribution in [0.3, 0.4) is 0 Å². The Morgan fingerprint density at radius 3 is 2.69 bits per heavy atom. The number of carboxylic acids is 1. The smallest absolute Gasteiger partial charge is 0.354 e. The summed E-state index contributed by atoms with van der Waals surface area (Å²) in [6.45, 7) is 4.50. The van der Waals surface area contributed by atoms with Crippen molar-refractivity contribution in [1.82, 2.24) is 19.6 Å². The van der Waals surface area contributed by atoms with Crippen molar-refractivity contribution in [3.05, 3.63) is 64.6 Å². The van der Waals surface area contributed by atoms with E-state index < -0.39 is 11.9 Å². The average molecular weight is 353 g/mol. The highest BCUT2D eigenvalue weighted by Gasteiger charge is 2.22. The lowest BCUT2D eigenvalue weighted by molar-refractivity contribution is 0.0680. The quantitative estimate of drug-likeness (QED) is 0.732. The van der Waals surface area contributed by atoms with Gasteiger partial charge in [0, 0.05) is 18.8 Å². The van der Waals surface area contributed by atoms with Gasteiger partial charge in [-0.25, -0.2) is 4.79 Å². The lowest BCUT2D eigenvalue weighted by atomic mass is 10.1. The Balaban J connectivity index is 1.79. The third-order valence-corrected chi connectivity index (χ3v) is 4.02. The van der Waals surface area contributed by atoms with Gasteiger partial charge >= 0.3 is 5.97 Å². The van der Waals surface area contributed by atoms with Gasteiger partial charge in [0.15, 0.2) is 11.5 Å². The Morgan fingerprint density at radius 2 is 2.00 bits per heavy atom. The number of aromatic carboxylic acids is 1. The molecule has 3 rings (SSSR count). The number of amides is 1. The molecule has 8 heteroatoms. The summed E-state index contributed by atoms with van der Waals surface area (Å²) in [5, 5.41) is 20.1. The standard InChI is InChI=1S/C18H19N5O3/c1-11-5-4-6-13(7-11)10-23-12(2)8-15(21-23)20-17(24)14-9-19-22(3)16(14)18(25)26/h4-9H,10H2,1-3H3,(H,25,26)(H,20,21,24). The Bertz CT molecular complexity index is 987. The van der Waals surface area contributed by atoms with Crippen molar-refractivity contribution in [2.24, 2.45) is 7.05 Å². The van der Waals surface area contributed by atoms with Crippen molar-refractivity contribution in [3.63, 3.8) is 0 Å². The van der Waals surface area contributed by atoms with Gasteiger partial charge in [-0.1, -0.05) is 29.8 Å². The summed E-state index contributed by atoms with van der Waals surface area (Å²) in [7, 11) is 1.47. The lowest BCUT2D eigenvalue weighted by Gasteiger charge is -2.05. The van der Waals surface area contributed by atoms with Gasteiger partial charge in [0.25, 0.3) is 5.91 Å². The number of aromatic nitrogens is 4. The van der Waals surface area contributed by atoms with Crippen LogP contribution in [0, 0.1) is 13.8 Å². The summed E-state index contributed by atoms with van der Waals surface area (Å²) >= 11 is 0. The highest BCUT2D eigenvalue weighted by atomic mass is 16.4. The molecule has 2 aromatic heterocycles. The van der Waals surface area contributed by atoms with Crippen LogP contribution in [0.25, 0.3) is 0 Å². The normalized spacial score (nSPS) is 10.7. The molecule has 0 spiro atoms. The largest absolute Gasteiger partial charge is 0.477 e. The van der Waals surface area contributed by atoms with E-state index in [0.717, 1.165) is 15.9 Å². The Morgan fingerprint density at radius 1 is 1.23 bits per heavy atom. The minimum absolute atomic E-state index is 0.00844. The fourth-order valence-corrected chi connectivity index (χ4v) is 2.76. The molecule has 0 radical (unpaired) electrons. The molecule has 0 fully saturated rings. The second-order valence-corrected chi connectivity index (χ2v) is 6.11. The van der Waals surface area contributed by atoms with Crippen molar-refractivity contribution < 1.29 is 14.7 Å². The molecule has 0 atom stereocenters. The number of carboxylic acid groups (broad SMARTS) is 1. The molecule has 134 valence electrons. The van der Waals surface area contributed by atoms with Gasteiger partial charge in [-0.3, -0.25) is 14.2 Å². The molecule has 0 unspecified atom stereocenters. The van der Waals surface area contributed by atoms with Crippen LogP contribution in [0.4, 0.5) is 5.82 Å². The lowest BCUT2D eigenvalue weighted by Crippen LogP contribution is -2.17. The Kier molecular flexibility index (Phi) is 4.57. The third kappa shape index (κ3) is 3.49. The van der Waals surface area contributed by atoms with Crippen molar-refractivity contribution in [1.29, 1.82) is 0 Å². The number of nitrogens with zero attached hydrogens (tertiary/aromatic N) is 4. The fourth-order valence-electron chi connectivity index (χ4n) is 2.76. The number of rotatable bonds is 5. The first-order valence-electron chi connectivity index (χ1n) is 8.02. The maximum atomic E-state index is 12.4. The van der Waals surface area contributed by atoms with E-state index in [-0.39, 0.29) is 11.3 Å². The third-order valence-electron chi connectivity index (χ3n) is 4.02. The molecule has 0 aliphatic heterocycles. The molecule has 0 bridgehead atoms. The Labute approximate surface area is 150 Å². The Hall–Kier alpha value is -3.42. The molecule has 2 N–H and O–H groups in total.